The largest absolute Gasteiger partial charge is 0.493 e. The summed E-state index contributed by atoms with van der Waals surface area (Å²) in [5.41, 5.74) is 3.18. The predicted molar refractivity (Wildman–Crippen MR) is 121 cm³/mol. The summed E-state index contributed by atoms with van der Waals surface area (Å²) < 4.78 is 10.5. The Morgan fingerprint density at radius 1 is 0.968 bits per heavy atom. The second-order valence-corrected chi connectivity index (χ2v) is 6.66. The van der Waals surface area contributed by atoms with E-state index < -0.39 is 0 Å². The van der Waals surface area contributed by atoms with Crippen molar-refractivity contribution in [3.63, 3.8) is 0 Å². The number of benzene rings is 2. The monoisotopic (exact) mass is 417 g/mol. The summed E-state index contributed by atoms with van der Waals surface area (Å²) in [6.45, 7) is 1.86. The molecule has 0 atom stereocenters. The van der Waals surface area contributed by atoms with Crippen molar-refractivity contribution < 1.29 is 19.1 Å². The molecule has 0 aliphatic carbocycles. The Bertz CT molecular complexity index is 1110. The van der Waals surface area contributed by atoms with Crippen LogP contribution in [-0.4, -0.2) is 31.0 Å². The van der Waals surface area contributed by atoms with Crippen LogP contribution in [0.3, 0.4) is 0 Å². The van der Waals surface area contributed by atoms with Gasteiger partial charge in [0.2, 0.25) is 5.91 Å². The van der Waals surface area contributed by atoms with Gasteiger partial charge in [0.05, 0.1) is 14.2 Å². The number of hydrogen-bond donors (Lipinski definition) is 2. The van der Waals surface area contributed by atoms with Crippen molar-refractivity contribution in [3.05, 3.63) is 83.7 Å². The Labute approximate surface area is 180 Å². The molecule has 0 aliphatic rings. The van der Waals surface area contributed by atoms with E-state index in [1.54, 1.807) is 68.0 Å². The number of aryl methyl sites for hydroxylation is 1. The Balaban J connectivity index is 1.72. The molecule has 0 aliphatic heterocycles. The van der Waals surface area contributed by atoms with E-state index in [0.29, 0.717) is 28.4 Å². The van der Waals surface area contributed by atoms with Gasteiger partial charge in [-0.25, -0.2) is 0 Å². The molecule has 2 amide bonds. The lowest BCUT2D eigenvalue weighted by Gasteiger charge is -2.12. The summed E-state index contributed by atoms with van der Waals surface area (Å²) in [5, 5.41) is 5.63. The lowest BCUT2D eigenvalue weighted by molar-refractivity contribution is -0.111. The molecule has 31 heavy (non-hydrogen) atoms. The Kier molecular flexibility index (Phi) is 7.01. The van der Waals surface area contributed by atoms with Crippen molar-refractivity contribution in [2.24, 2.45) is 0 Å². The van der Waals surface area contributed by atoms with Crippen molar-refractivity contribution in [2.45, 2.75) is 6.92 Å². The summed E-state index contributed by atoms with van der Waals surface area (Å²) >= 11 is 0. The number of aromatic nitrogens is 1. The van der Waals surface area contributed by atoms with Gasteiger partial charge in [0.15, 0.2) is 11.5 Å². The van der Waals surface area contributed by atoms with Gasteiger partial charge in [-0.05, 0) is 54.5 Å². The van der Waals surface area contributed by atoms with Crippen molar-refractivity contribution in [1.82, 2.24) is 4.98 Å². The number of pyridine rings is 1. The smallest absolute Gasteiger partial charge is 0.255 e. The number of ether oxygens (including phenoxy) is 2. The molecule has 7 heteroatoms. The summed E-state index contributed by atoms with van der Waals surface area (Å²) in [4.78, 5) is 29.0. The van der Waals surface area contributed by atoms with Gasteiger partial charge in [-0.1, -0.05) is 12.1 Å². The number of nitrogens with one attached hydrogen (secondary N) is 2. The third-order valence-electron chi connectivity index (χ3n) is 4.51. The normalized spacial score (nSPS) is 10.5. The Hall–Kier alpha value is -4.13. The van der Waals surface area contributed by atoms with Crippen LogP contribution < -0.4 is 20.1 Å². The average molecular weight is 417 g/mol. The maximum atomic E-state index is 12.7. The fourth-order valence-corrected chi connectivity index (χ4v) is 2.84. The molecule has 1 heterocycles. The van der Waals surface area contributed by atoms with Crippen LogP contribution in [0, 0.1) is 6.92 Å². The zero-order chi connectivity index (χ0) is 22.2. The molecule has 0 fully saturated rings. The van der Waals surface area contributed by atoms with Gasteiger partial charge in [-0.15, -0.1) is 0 Å². The first-order valence-corrected chi connectivity index (χ1v) is 9.53. The quantitative estimate of drug-likeness (QED) is 0.559. The molecule has 158 valence electrons. The number of anilines is 2. The van der Waals surface area contributed by atoms with Gasteiger partial charge in [0.25, 0.3) is 5.91 Å². The number of methoxy groups -OCH3 is 2. The number of rotatable bonds is 7. The first-order chi connectivity index (χ1) is 15.0. The fraction of sp³-hybridized carbons (Fsp3) is 0.125. The topological polar surface area (TPSA) is 89.6 Å². The second-order valence-electron chi connectivity index (χ2n) is 6.66. The molecule has 3 aromatic rings. The zero-order valence-electron chi connectivity index (χ0n) is 17.5. The van der Waals surface area contributed by atoms with Crippen LogP contribution in [-0.2, 0) is 4.79 Å². The van der Waals surface area contributed by atoms with Crippen molar-refractivity contribution >= 4 is 29.3 Å². The van der Waals surface area contributed by atoms with E-state index in [1.165, 1.54) is 13.2 Å². The minimum atomic E-state index is -0.311. The summed E-state index contributed by atoms with van der Waals surface area (Å²) in [5.74, 6) is 0.468. The second kappa shape index (κ2) is 10.1. The summed E-state index contributed by atoms with van der Waals surface area (Å²) in [6.07, 6.45) is 6.42. The Morgan fingerprint density at radius 3 is 2.48 bits per heavy atom. The molecule has 0 spiro atoms. The molecule has 2 N–H and O–H groups in total. The number of carbonyl (C=O) groups excluding carboxylic acids is 2. The number of amides is 2. The van der Waals surface area contributed by atoms with Gasteiger partial charge in [-0.3, -0.25) is 14.6 Å². The minimum absolute atomic E-state index is 0.301. The minimum Gasteiger partial charge on any atom is -0.493 e. The van der Waals surface area contributed by atoms with Crippen LogP contribution in [0.5, 0.6) is 11.5 Å². The number of hydrogen-bond acceptors (Lipinski definition) is 5. The molecule has 0 unspecified atom stereocenters. The molecular weight excluding hydrogens is 394 g/mol. The molecular formula is C24H23N3O4. The molecule has 3 rings (SSSR count). The van der Waals surface area contributed by atoms with E-state index in [4.69, 9.17) is 9.47 Å². The molecule has 0 saturated carbocycles. The average Bonchev–Trinajstić information content (AvgIpc) is 2.79. The zero-order valence-corrected chi connectivity index (χ0v) is 17.5. The van der Waals surface area contributed by atoms with Crippen molar-refractivity contribution in [2.75, 3.05) is 24.9 Å². The molecule has 2 aromatic carbocycles. The predicted octanol–water partition coefficient (Wildman–Crippen LogP) is 4.31. The van der Waals surface area contributed by atoms with E-state index in [-0.39, 0.29) is 11.8 Å². The van der Waals surface area contributed by atoms with Crippen LogP contribution >= 0.6 is 0 Å². The van der Waals surface area contributed by atoms with Gasteiger partial charge in [-0.2, -0.15) is 0 Å². The molecule has 1 aromatic heterocycles. The van der Waals surface area contributed by atoms with Crippen molar-refractivity contribution in [3.8, 4) is 11.5 Å². The molecule has 0 saturated heterocycles. The van der Waals surface area contributed by atoms with Gasteiger partial charge < -0.3 is 20.1 Å². The summed E-state index contributed by atoms with van der Waals surface area (Å²) in [6, 6.07) is 13.9. The van der Waals surface area contributed by atoms with E-state index in [2.05, 4.69) is 15.6 Å². The van der Waals surface area contributed by atoms with Gasteiger partial charge in [0, 0.05) is 41.5 Å². The standard InChI is InChI=1S/C24H23N3O4/c1-16-6-8-18(24(29)26-19-9-10-21(30-2)22(14-19)31-3)13-20(16)27-23(28)11-7-17-5-4-12-25-15-17/h4-15H,1-3H3,(H,26,29)(H,27,28). The van der Waals surface area contributed by atoms with E-state index >= 15 is 0 Å². The van der Waals surface area contributed by atoms with E-state index in [1.807, 2.05) is 13.0 Å². The first-order valence-electron chi connectivity index (χ1n) is 9.53. The van der Waals surface area contributed by atoms with Gasteiger partial charge >= 0.3 is 0 Å². The van der Waals surface area contributed by atoms with Crippen LogP contribution in [0.25, 0.3) is 6.08 Å². The fourth-order valence-electron chi connectivity index (χ4n) is 2.84. The number of carbonyl (C=O) groups is 2. The third kappa shape index (κ3) is 5.70. The molecule has 0 radical (unpaired) electrons. The molecule has 0 bridgehead atoms. The number of nitrogens with zero attached hydrogens (tertiary/aromatic N) is 1. The van der Waals surface area contributed by atoms with E-state index in [9.17, 15) is 9.59 Å². The summed E-state index contributed by atoms with van der Waals surface area (Å²) in [7, 11) is 3.07. The van der Waals surface area contributed by atoms with Crippen LogP contribution in [0.2, 0.25) is 0 Å². The SMILES string of the molecule is COc1ccc(NC(=O)c2ccc(C)c(NC(=O)C=Cc3cccnc3)c2)cc1OC. The first kappa shape index (κ1) is 21.6. The maximum Gasteiger partial charge on any atom is 0.255 e. The van der Waals surface area contributed by atoms with Crippen LogP contribution in [0.15, 0.2) is 67.0 Å². The van der Waals surface area contributed by atoms with Crippen LogP contribution in [0.4, 0.5) is 11.4 Å². The molecule has 7 nitrogen and oxygen atoms in total. The Morgan fingerprint density at radius 2 is 1.77 bits per heavy atom. The highest BCUT2D eigenvalue weighted by molar-refractivity contribution is 6.07. The highest BCUT2D eigenvalue weighted by Gasteiger charge is 2.12. The lowest BCUT2D eigenvalue weighted by Crippen LogP contribution is -2.14. The highest BCUT2D eigenvalue weighted by atomic mass is 16.5. The van der Waals surface area contributed by atoms with E-state index in [0.717, 1.165) is 11.1 Å². The maximum absolute atomic E-state index is 12.7. The van der Waals surface area contributed by atoms with Gasteiger partial charge in [0.1, 0.15) is 0 Å². The lowest BCUT2D eigenvalue weighted by atomic mass is 10.1. The highest BCUT2D eigenvalue weighted by Crippen LogP contribution is 2.30. The third-order valence-corrected chi connectivity index (χ3v) is 4.51. The van der Waals surface area contributed by atoms with Crippen LogP contribution in [0.1, 0.15) is 21.5 Å². The van der Waals surface area contributed by atoms with Crippen molar-refractivity contribution in [1.29, 1.82) is 0 Å².